The monoisotopic (exact) mass is 472 g/mol. The van der Waals surface area contributed by atoms with Crippen molar-refractivity contribution in [3.63, 3.8) is 0 Å². The highest BCUT2D eigenvalue weighted by molar-refractivity contribution is 7.17. The van der Waals surface area contributed by atoms with Crippen LogP contribution in [0.2, 0.25) is 0 Å². The van der Waals surface area contributed by atoms with Crippen molar-refractivity contribution >= 4 is 39.8 Å². The fourth-order valence-corrected chi connectivity index (χ4v) is 3.79. The first-order chi connectivity index (χ1) is 15.7. The van der Waals surface area contributed by atoms with Crippen LogP contribution in [-0.2, 0) is 16.1 Å². The molecule has 3 aromatic rings. The van der Waals surface area contributed by atoms with Gasteiger partial charge in [-0.05, 0) is 32.4 Å². The Labute approximate surface area is 196 Å². The Kier molecular flexibility index (Phi) is 7.67. The number of hydrogen-bond donors (Lipinski definition) is 3. The number of carbonyl (C=O) groups excluding carboxylic acids is 2. The van der Waals surface area contributed by atoms with Crippen LogP contribution < -0.4 is 10.6 Å². The minimum absolute atomic E-state index is 0.0770. The number of aromatic hydroxyl groups is 1. The molecule has 2 aromatic heterocycles. The number of nitrogens with one attached hydrogen (secondary N) is 2. The molecule has 10 nitrogen and oxygen atoms in total. The summed E-state index contributed by atoms with van der Waals surface area (Å²) in [6.45, 7) is 6.57. The minimum Gasteiger partial charge on any atom is -0.508 e. The second-order valence-electron chi connectivity index (χ2n) is 7.68. The molecule has 2 heterocycles. The molecule has 0 saturated carbocycles. The zero-order valence-corrected chi connectivity index (χ0v) is 20.1. The van der Waals surface area contributed by atoms with E-state index in [1.54, 1.807) is 49.0 Å². The molecule has 3 rings (SSSR count). The Hall–Kier alpha value is -3.44. The Bertz CT molecular complexity index is 1160. The molecule has 0 radical (unpaired) electrons. The van der Waals surface area contributed by atoms with Crippen molar-refractivity contribution in [2.24, 2.45) is 0 Å². The van der Waals surface area contributed by atoms with Gasteiger partial charge in [-0.25, -0.2) is 4.98 Å². The van der Waals surface area contributed by atoms with Crippen LogP contribution in [0, 0.1) is 20.8 Å². The van der Waals surface area contributed by atoms with Crippen molar-refractivity contribution in [1.29, 1.82) is 0 Å². The van der Waals surface area contributed by atoms with Crippen LogP contribution in [0.25, 0.3) is 0 Å². The van der Waals surface area contributed by atoms with Gasteiger partial charge in [-0.1, -0.05) is 17.4 Å². The summed E-state index contributed by atoms with van der Waals surface area (Å²) in [5.74, 6) is 0.288. The third-order valence-electron chi connectivity index (χ3n) is 5.14. The van der Waals surface area contributed by atoms with Crippen LogP contribution in [0.15, 0.2) is 24.5 Å². The summed E-state index contributed by atoms with van der Waals surface area (Å²) in [5.41, 5.74) is 2.88. The lowest BCUT2D eigenvalue weighted by Gasteiger charge is -2.16. The number of methoxy groups -OCH3 is 1. The minimum atomic E-state index is -0.315. The lowest BCUT2D eigenvalue weighted by molar-refractivity contribution is -0.131. The van der Waals surface area contributed by atoms with Crippen LogP contribution in [0.4, 0.5) is 16.6 Å². The number of rotatable bonds is 9. The first-order valence-electron chi connectivity index (χ1n) is 10.3. The van der Waals surface area contributed by atoms with Crippen molar-refractivity contribution < 1.29 is 19.4 Å². The van der Waals surface area contributed by atoms with Crippen LogP contribution in [0.3, 0.4) is 0 Å². The van der Waals surface area contributed by atoms with Crippen molar-refractivity contribution in [2.45, 2.75) is 27.3 Å². The zero-order valence-electron chi connectivity index (χ0n) is 19.3. The summed E-state index contributed by atoms with van der Waals surface area (Å²) in [4.78, 5) is 31.3. The third-order valence-corrected chi connectivity index (χ3v) is 6.05. The quantitative estimate of drug-likeness (QED) is 0.437. The van der Waals surface area contributed by atoms with E-state index in [9.17, 15) is 14.7 Å². The maximum Gasteiger partial charge on any atom is 0.267 e. The number of amides is 2. The van der Waals surface area contributed by atoms with E-state index < -0.39 is 0 Å². The number of benzene rings is 1. The number of ether oxygens (including phenoxy) is 1. The molecule has 0 fully saturated rings. The SMILES string of the molecule is COCCN(C)C(=O)Cn1cc(C)c(Nc2ncc(C(=O)Nc3c(C)ccc(O)c3C)s2)n1. The van der Waals surface area contributed by atoms with E-state index in [0.717, 1.165) is 11.1 Å². The molecule has 0 aliphatic rings. The van der Waals surface area contributed by atoms with Gasteiger partial charge in [0, 0.05) is 38.0 Å². The molecular formula is C22H28N6O4S. The number of likely N-dealkylation sites (N-methyl/N-ethyl adjacent to an activating group) is 1. The number of anilines is 3. The van der Waals surface area contributed by atoms with Gasteiger partial charge >= 0.3 is 0 Å². The summed E-state index contributed by atoms with van der Waals surface area (Å²) in [7, 11) is 3.31. The summed E-state index contributed by atoms with van der Waals surface area (Å²) < 4.78 is 6.57. The number of aromatic nitrogens is 3. The number of hydrogen-bond acceptors (Lipinski definition) is 8. The van der Waals surface area contributed by atoms with E-state index >= 15 is 0 Å². The molecule has 1 aromatic carbocycles. The van der Waals surface area contributed by atoms with Crippen molar-refractivity contribution in [2.75, 3.05) is 37.9 Å². The molecule has 33 heavy (non-hydrogen) atoms. The number of thiazole rings is 1. The van der Waals surface area contributed by atoms with Gasteiger partial charge in [0.25, 0.3) is 5.91 Å². The highest BCUT2D eigenvalue weighted by Crippen LogP contribution is 2.29. The largest absolute Gasteiger partial charge is 0.508 e. The summed E-state index contributed by atoms with van der Waals surface area (Å²) in [6, 6.07) is 3.35. The molecule has 11 heteroatoms. The second kappa shape index (κ2) is 10.5. The van der Waals surface area contributed by atoms with Gasteiger partial charge in [0.2, 0.25) is 5.91 Å². The summed E-state index contributed by atoms with van der Waals surface area (Å²) >= 11 is 1.18. The van der Waals surface area contributed by atoms with Gasteiger partial charge in [0.05, 0.1) is 18.5 Å². The van der Waals surface area contributed by atoms with E-state index in [1.165, 1.54) is 17.5 Å². The predicted molar refractivity (Wildman–Crippen MR) is 127 cm³/mol. The molecule has 0 spiro atoms. The number of phenols is 1. The average Bonchev–Trinajstić information content (AvgIpc) is 3.38. The van der Waals surface area contributed by atoms with E-state index in [1.807, 2.05) is 13.8 Å². The van der Waals surface area contributed by atoms with Crippen molar-refractivity contribution in [1.82, 2.24) is 19.7 Å². The van der Waals surface area contributed by atoms with Gasteiger partial charge in [0.15, 0.2) is 10.9 Å². The maximum absolute atomic E-state index is 12.7. The van der Waals surface area contributed by atoms with Gasteiger partial charge in [-0.2, -0.15) is 5.10 Å². The zero-order chi connectivity index (χ0) is 24.1. The molecule has 0 unspecified atom stereocenters. The lowest BCUT2D eigenvalue weighted by atomic mass is 10.1. The highest BCUT2D eigenvalue weighted by Gasteiger charge is 2.17. The first kappa shape index (κ1) is 24.2. The van der Waals surface area contributed by atoms with E-state index in [-0.39, 0.29) is 24.1 Å². The van der Waals surface area contributed by atoms with Gasteiger partial charge < -0.3 is 25.4 Å². The fraction of sp³-hybridized carbons (Fsp3) is 0.364. The molecule has 176 valence electrons. The molecule has 0 aliphatic carbocycles. The number of aryl methyl sites for hydroxylation is 2. The van der Waals surface area contributed by atoms with E-state index in [4.69, 9.17) is 4.74 Å². The smallest absolute Gasteiger partial charge is 0.267 e. The number of nitrogens with zero attached hydrogens (tertiary/aromatic N) is 4. The lowest BCUT2D eigenvalue weighted by Crippen LogP contribution is -2.32. The molecule has 0 aliphatic heterocycles. The standard InChI is InChI=1S/C22H28N6O4S/c1-13-6-7-16(29)15(3)19(13)24-21(31)17-10-23-22(33-17)25-20-14(2)11-28(26-20)12-18(30)27(4)8-9-32-5/h6-7,10-11,29H,8-9,12H2,1-5H3,(H,24,31)(H,23,25,26). The first-order valence-corrected chi connectivity index (χ1v) is 11.1. The van der Waals surface area contributed by atoms with Gasteiger partial charge in [0.1, 0.15) is 17.2 Å². The third kappa shape index (κ3) is 5.88. The Balaban J connectivity index is 1.66. The summed E-state index contributed by atoms with van der Waals surface area (Å²) in [6.07, 6.45) is 3.26. The molecule has 0 atom stereocenters. The second-order valence-corrected chi connectivity index (χ2v) is 8.71. The molecule has 2 amide bonds. The number of carbonyl (C=O) groups is 2. The van der Waals surface area contributed by atoms with Crippen LogP contribution >= 0.6 is 11.3 Å². The van der Waals surface area contributed by atoms with Gasteiger partial charge in [-0.3, -0.25) is 14.3 Å². The molecular weight excluding hydrogens is 444 g/mol. The predicted octanol–water partition coefficient (Wildman–Crippen LogP) is 3.07. The van der Waals surface area contributed by atoms with Crippen LogP contribution in [0.1, 0.15) is 26.4 Å². The number of phenolic OH excluding ortho intramolecular Hbond substituents is 1. The fourth-order valence-electron chi connectivity index (χ4n) is 3.08. The molecule has 0 saturated heterocycles. The Morgan fingerprint density at radius 3 is 2.73 bits per heavy atom. The normalized spacial score (nSPS) is 10.8. The van der Waals surface area contributed by atoms with Crippen molar-refractivity contribution in [3.05, 3.63) is 46.1 Å². The summed E-state index contributed by atoms with van der Waals surface area (Å²) in [5, 5.41) is 20.8. The maximum atomic E-state index is 12.7. The molecule has 3 N–H and O–H groups in total. The Morgan fingerprint density at radius 2 is 2.00 bits per heavy atom. The average molecular weight is 473 g/mol. The van der Waals surface area contributed by atoms with E-state index in [2.05, 4.69) is 20.7 Å². The van der Waals surface area contributed by atoms with Crippen molar-refractivity contribution in [3.8, 4) is 5.75 Å². The highest BCUT2D eigenvalue weighted by atomic mass is 32.1. The van der Waals surface area contributed by atoms with E-state index in [0.29, 0.717) is 40.2 Å². The van der Waals surface area contributed by atoms with Gasteiger partial charge in [-0.15, -0.1) is 0 Å². The topological polar surface area (TPSA) is 122 Å². The van der Waals surface area contributed by atoms with Crippen LogP contribution in [0.5, 0.6) is 5.75 Å². The van der Waals surface area contributed by atoms with Crippen LogP contribution in [-0.4, -0.2) is 63.9 Å². The molecule has 0 bridgehead atoms. The Morgan fingerprint density at radius 1 is 1.24 bits per heavy atom.